The monoisotopic (exact) mass is 242 g/mol. The van der Waals surface area contributed by atoms with Crippen LogP contribution in [0.15, 0.2) is 0 Å². The highest BCUT2D eigenvalue weighted by atomic mass is 16.3. The molecule has 0 bridgehead atoms. The minimum Gasteiger partial charge on any atom is -0.396 e. The van der Waals surface area contributed by atoms with E-state index >= 15 is 0 Å². The third-order valence-corrected chi connectivity index (χ3v) is 3.90. The zero-order chi connectivity index (χ0) is 12.9. The zero-order valence-corrected chi connectivity index (χ0v) is 11.3. The fourth-order valence-corrected chi connectivity index (χ4v) is 2.45. The lowest BCUT2D eigenvalue weighted by Gasteiger charge is -2.39. The first-order chi connectivity index (χ1) is 7.95. The smallest absolute Gasteiger partial charge is 0.222 e. The summed E-state index contributed by atoms with van der Waals surface area (Å²) >= 11 is 0. The van der Waals surface area contributed by atoms with E-state index in [0.29, 0.717) is 12.5 Å². The summed E-state index contributed by atoms with van der Waals surface area (Å²) in [4.78, 5) is 13.7. The molecule has 0 aliphatic carbocycles. The highest BCUT2D eigenvalue weighted by Gasteiger charge is 2.31. The number of aliphatic hydroxyl groups excluding tert-OH is 1. The lowest BCUT2D eigenvalue weighted by Crippen LogP contribution is -2.43. The quantitative estimate of drug-likeness (QED) is 0.751. The van der Waals surface area contributed by atoms with E-state index < -0.39 is 0 Å². The number of carbonyl (C=O) groups excluding carboxylic acids is 1. The van der Waals surface area contributed by atoms with Crippen molar-refractivity contribution >= 4 is 5.91 Å². The maximum absolute atomic E-state index is 11.3. The second-order valence-electron chi connectivity index (χ2n) is 5.82. The Kier molecular flexibility index (Phi) is 5.40. The van der Waals surface area contributed by atoms with Crippen LogP contribution in [0.1, 0.15) is 33.1 Å². The van der Waals surface area contributed by atoms with Gasteiger partial charge < -0.3 is 15.3 Å². The molecule has 4 heteroatoms. The van der Waals surface area contributed by atoms with Crippen LogP contribution >= 0.6 is 0 Å². The highest BCUT2D eigenvalue weighted by Crippen LogP contribution is 2.34. The molecule has 1 amide bonds. The number of amides is 1. The van der Waals surface area contributed by atoms with Gasteiger partial charge in [-0.15, -0.1) is 0 Å². The predicted molar refractivity (Wildman–Crippen MR) is 68.7 cm³/mol. The van der Waals surface area contributed by atoms with Crippen LogP contribution in [-0.4, -0.2) is 49.2 Å². The molecule has 0 aromatic heterocycles. The van der Waals surface area contributed by atoms with Crippen molar-refractivity contribution in [2.75, 3.05) is 33.3 Å². The summed E-state index contributed by atoms with van der Waals surface area (Å²) in [6, 6.07) is 0. The van der Waals surface area contributed by atoms with Crippen molar-refractivity contribution in [1.29, 1.82) is 0 Å². The molecule has 0 aromatic carbocycles. The Balaban J connectivity index is 2.36. The van der Waals surface area contributed by atoms with E-state index in [1.807, 2.05) is 0 Å². The Hall–Kier alpha value is -0.610. The molecule has 2 N–H and O–H groups in total. The molecule has 17 heavy (non-hydrogen) atoms. The first-order valence-electron chi connectivity index (χ1n) is 6.52. The van der Waals surface area contributed by atoms with Crippen molar-refractivity contribution in [3.63, 3.8) is 0 Å². The van der Waals surface area contributed by atoms with E-state index in [9.17, 15) is 4.79 Å². The molecule has 0 saturated carbocycles. The van der Waals surface area contributed by atoms with Crippen LogP contribution in [0.2, 0.25) is 0 Å². The maximum Gasteiger partial charge on any atom is 0.222 e. The third-order valence-electron chi connectivity index (χ3n) is 3.90. The van der Waals surface area contributed by atoms with Gasteiger partial charge in [0.25, 0.3) is 0 Å². The molecule has 1 aliphatic rings. The van der Waals surface area contributed by atoms with Gasteiger partial charge in [0, 0.05) is 13.0 Å². The summed E-state index contributed by atoms with van der Waals surface area (Å²) in [5, 5.41) is 11.6. The van der Waals surface area contributed by atoms with Crippen LogP contribution in [-0.2, 0) is 4.79 Å². The van der Waals surface area contributed by atoms with Crippen molar-refractivity contribution in [1.82, 2.24) is 10.2 Å². The van der Waals surface area contributed by atoms with Crippen molar-refractivity contribution in [3.8, 4) is 0 Å². The molecule has 0 unspecified atom stereocenters. The zero-order valence-electron chi connectivity index (χ0n) is 11.3. The average molecular weight is 242 g/mol. The van der Waals surface area contributed by atoms with Crippen molar-refractivity contribution in [2.45, 2.75) is 33.1 Å². The molecular formula is C13H26N2O2. The topological polar surface area (TPSA) is 52.6 Å². The first kappa shape index (κ1) is 14.5. The average Bonchev–Trinajstić information content (AvgIpc) is 2.28. The fourth-order valence-electron chi connectivity index (χ4n) is 2.45. The summed E-state index contributed by atoms with van der Waals surface area (Å²) in [7, 11) is 2.16. The lowest BCUT2D eigenvalue weighted by molar-refractivity contribution is -0.122. The SMILES string of the molecule is CN1CCC(C(C)(C)CNC(=O)CCO)CC1. The van der Waals surface area contributed by atoms with Crippen LogP contribution in [0, 0.1) is 11.3 Å². The van der Waals surface area contributed by atoms with E-state index in [1.54, 1.807) is 0 Å². The van der Waals surface area contributed by atoms with Gasteiger partial charge in [-0.25, -0.2) is 0 Å². The Morgan fingerprint density at radius 1 is 1.41 bits per heavy atom. The lowest BCUT2D eigenvalue weighted by atomic mass is 9.73. The number of likely N-dealkylation sites (tertiary alicyclic amines) is 1. The molecule has 1 saturated heterocycles. The molecule has 1 rings (SSSR count). The molecule has 1 fully saturated rings. The molecule has 100 valence electrons. The van der Waals surface area contributed by atoms with E-state index in [2.05, 4.69) is 31.1 Å². The Labute approximate surface area is 104 Å². The minimum atomic E-state index is -0.0690. The van der Waals surface area contributed by atoms with E-state index in [0.717, 1.165) is 13.1 Å². The van der Waals surface area contributed by atoms with Gasteiger partial charge in [0.1, 0.15) is 0 Å². The number of carbonyl (C=O) groups is 1. The van der Waals surface area contributed by atoms with Crippen LogP contribution in [0.3, 0.4) is 0 Å². The Bertz CT molecular complexity index is 246. The highest BCUT2D eigenvalue weighted by molar-refractivity contribution is 5.75. The molecule has 4 nitrogen and oxygen atoms in total. The van der Waals surface area contributed by atoms with Gasteiger partial charge in [-0.3, -0.25) is 4.79 Å². The normalized spacial score (nSPS) is 19.3. The minimum absolute atomic E-state index is 0.0477. The number of nitrogens with zero attached hydrogens (tertiary/aromatic N) is 1. The van der Waals surface area contributed by atoms with Gasteiger partial charge in [-0.2, -0.15) is 0 Å². The largest absolute Gasteiger partial charge is 0.396 e. The van der Waals surface area contributed by atoms with Crippen LogP contribution < -0.4 is 5.32 Å². The van der Waals surface area contributed by atoms with Crippen LogP contribution in [0.25, 0.3) is 0 Å². The van der Waals surface area contributed by atoms with E-state index in [1.165, 1.54) is 12.8 Å². The second-order valence-corrected chi connectivity index (χ2v) is 5.82. The number of hydrogen-bond donors (Lipinski definition) is 2. The summed E-state index contributed by atoms with van der Waals surface area (Å²) < 4.78 is 0. The van der Waals surface area contributed by atoms with E-state index in [-0.39, 0.29) is 24.3 Å². The second kappa shape index (κ2) is 6.36. The Morgan fingerprint density at radius 3 is 2.53 bits per heavy atom. The molecule has 0 aromatic rings. The fraction of sp³-hybridized carbons (Fsp3) is 0.923. The van der Waals surface area contributed by atoms with Crippen molar-refractivity contribution in [3.05, 3.63) is 0 Å². The number of aliphatic hydroxyl groups is 1. The standard InChI is InChI=1S/C13H26N2O2/c1-13(2,10-14-12(17)6-9-16)11-4-7-15(3)8-5-11/h11,16H,4-10H2,1-3H3,(H,14,17). The summed E-state index contributed by atoms with van der Waals surface area (Å²) in [6.07, 6.45) is 2.63. The summed E-state index contributed by atoms with van der Waals surface area (Å²) in [5.41, 5.74) is 0.145. The molecule has 0 radical (unpaired) electrons. The van der Waals surface area contributed by atoms with Crippen LogP contribution in [0.5, 0.6) is 0 Å². The third kappa shape index (κ3) is 4.64. The van der Waals surface area contributed by atoms with E-state index in [4.69, 9.17) is 5.11 Å². The maximum atomic E-state index is 11.3. The molecule has 1 aliphatic heterocycles. The molecular weight excluding hydrogens is 216 g/mol. The van der Waals surface area contributed by atoms with Gasteiger partial charge >= 0.3 is 0 Å². The van der Waals surface area contributed by atoms with Gasteiger partial charge in [0.15, 0.2) is 0 Å². The summed E-state index contributed by atoms with van der Waals surface area (Å²) in [6.45, 7) is 7.39. The Morgan fingerprint density at radius 2 is 2.00 bits per heavy atom. The molecule has 0 spiro atoms. The molecule has 0 atom stereocenters. The number of piperidine rings is 1. The van der Waals surface area contributed by atoms with Crippen LogP contribution in [0.4, 0.5) is 0 Å². The predicted octanol–water partition coefficient (Wildman–Crippen LogP) is 0.853. The number of hydrogen-bond acceptors (Lipinski definition) is 3. The van der Waals surface area contributed by atoms with Gasteiger partial charge in [-0.05, 0) is 44.3 Å². The first-order valence-corrected chi connectivity index (χ1v) is 6.52. The number of rotatable bonds is 5. The van der Waals surface area contributed by atoms with Crippen molar-refractivity contribution in [2.24, 2.45) is 11.3 Å². The number of nitrogens with one attached hydrogen (secondary N) is 1. The van der Waals surface area contributed by atoms with Gasteiger partial charge in [0.05, 0.1) is 6.61 Å². The molecule has 1 heterocycles. The van der Waals surface area contributed by atoms with Gasteiger partial charge in [-0.1, -0.05) is 13.8 Å². The van der Waals surface area contributed by atoms with Gasteiger partial charge in [0.2, 0.25) is 5.91 Å². The summed E-state index contributed by atoms with van der Waals surface area (Å²) in [5.74, 6) is 0.627. The van der Waals surface area contributed by atoms with Crippen molar-refractivity contribution < 1.29 is 9.90 Å².